The standard InChI is InChI=1S/C20H31N3O2.HI/c1-3-14-25-19-12-7-4-9-17(19)16-23-20(21-2)22-13-8-15-24-18-10-5-6-11-18;/h3-4,7,9,12,18H,1,5-6,8,10-11,13-16H2,2H3,(H2,21,22,23);1H. The van der Waals surface area contributed by atoms with E-state index in [0.717, 1.165) is 36.8 Å². The Kier molecular flexibility index (Phi) is 12.1. The van der Waals surface area contributed by atoms with E-state index in [-0.39, 0.29) is 24.0 Å². The molecular weight excluding hydrogens is 441 g/mol. The third-order valence-corrected chi connectivity index (χ3v) is 4.27. The summed E-state index contributed by atoms with van der Waals surface area (Å²) in [5.74, 6) is 1.66. The van der Waals surface area contributed by atoms with Gasteiger partial charge >= 0.3 is 0 Å². The van der Waals surface area contributed by atoms with Gasteiger partial charge in [0, 0.05) is 32.3 Å². The number of guanidine groups is 1. The summed E-state index contributed by atoms with van der Waals surface area (Å²) in [7, 11) is 1.78. The molecule has 1 saturated carbocycles. The summed E-state index contributed by atoms with van der Waals surface area (Å²) in [6, 6.07) is 8.00. The van der Waals surface area contributed by atoms with Crippen LogP contribution in [-0.2, 0) is 11.3 Å². The Morgan fingerprint density at radius 3 is 2.77 bits per heavy atom. The van der Waals surface area contributed by atoms with Gasteiger partial charge in [0.25, 0.3) is 0 Å². The van der Waals surface area contributed by atoms with Crippen molar-refractivity contribution in [3.63, 3.8) is 0 Å². The summed E-state index contributed by atoms with van der Waals surface area (Å²) < 4.78 is 11.6. The van der Waals surface area contributed by atoms with Crippen molar-refractivity contribution in [1.82, 2.24) is 10.6 Å². The van der Waals surface area contributed by atoms with Crippen LogP contribution in [0.15, 0.2) is 41.9 Å². The Labute approximate surface area is 174 Å². The summed E-state index contributed by atoms with van der Waals surface area (Å²) >= 11 is 0. The number of hydrogen-bond acceptors (Lipinski definition) is 3. The van der Waals surface area contributed by atoms with Crippen molar-refractivity contribution in [2.75, 3.05) is 26.8 Å². The number of ether oxygens (including phenoxy) is 2. The molecular formula is C20H32IN3O2. The van der Waals surface area contributed by atoms with Crippen LogP contribution in [0.2, 0.25) is 0 Å². The Bertz CT molecular complexity index is 546. The summed E-state index contributed by atoms with van der Waals surface area (Å²) in [5.41, 5.74) is 1.09. The minimum atomic E-state index is 0. The first-order valence-electron chi connectivity index (χ1n) is 9.21. The molecule has 5 nitrogen and oxygen atoms in total. The highest BCUT2D eigenvalue weighted by Gasteiger charge is 2.14. The number of rotatable bonds is 10. The molecule has 1 aromatic rings. The van der Waals surface area contributed by atoms with Crippen LogP contribution in [0.1, 0.15) is 37.7 Å². The maximum atomic E-state index is 5.88. The van der Waals surface area contributed by atoms with Gasteiger partial charge in [-0.1, -0.05) is 43.7 Å². The van der Waals surface area contributed by atoms with Crippen LogP contribution in [0.5, 0.6) is 5.75 Å². The quantitative estimate of drug-likeness (QED) is 0.178. The van der Waals surface area contributed by atoms with Crippen molar-refractivity contribution in [2.24, 2.45) is 4.99 Å². The second-order valence-corrected chi connectivity index (χ2v) is 6.19. The number of hydrogen-bond donors (Lipinski definition) is 2. The average molecular weight is 473 g/mol. The molecule has 2 N–H and O–H groups in total. The topological polar surface area (TPSA) is 54.9 Å². The van der Waals surface area contributed by atoms with E-state index in [0.29, 0.717) is 19.3 Å². The van der Waals surface area contributed by atoms with Gasteiger partial charge in [-0.3, -0.25) is 4.99 Å². The molecule has 0 heterocycles. The summed E-state index contributed by atoms with van der Waals surface area (Å²) in [6.07, 6.45) is 8.31. The van der Waals surface area contributed by atoms with Crippen molar-refractivity contribution in [3.05, 3.63) is 42.5 Å². The molecule has 0 aromatic heterocycles. The first-order chi connectivity index (χ1) is 12.3. The van der Waals surface area contributed by atoms with Gasteiger partial charge < -0.3 is 20.1 Å². The van der Waals surface area contributed by atoms with E-state index in [1.807, 2.05) is 24.3 Å². The number of para-hydroxylation sites is 1. The molecule has 0 amide bonds. The fourth-order valence-corrected chi connectivity index (χ4v) is 2.92. The van der Waals surface area contributed by atoms with Crippen LogP contribution in [0.25, 0.3) is 0 Å². The van der Waals surface area contributed by atoms with Crippen molar-refractivity contribution < 1.29 is 9.47 Å². The van der Waals surface area contributed by atoms with Crippen molar-refractivity contribution in [2.45, 2.75) is 44.8 Å². The number of aliphatic imine (C=N–C) groups is 1. The van der Waals surface area contributed by atoms with E-state index in [9.17, 15) is 0 Å². The van der Waals surface area contributed by atoms with Gasteiger partial charge in [0.15, 0.2) is 5.96 Å². The Morgan fingerprint density at radius 1 is 1.27 bits per heavy atom. The highest BCUT2D eigenvalue weighted by atomic mass is 127. The van der Waals surface area contributed by atoms with Crippen LogP contribution in [-0.4, -0.2) is 38.9 Å². The third kappa shape index (κ3) is 8.40. The average Bonchev–Trinajstić information content (AvgIpc) is 3.16. The monoisotopic (exact) mass is 473 g/mol. The number of nitrogens with one attached hydrogen (secondary N) is 2. The Balaban J connectivity index is 0.00000338. The van der Waals surface area contributed by atoms with E-state index >= 15 is 0 Å². The maximum absolute atomic E-state index is 5.88. The van der Waals surface area contributed by atoms with E-state index in [4.69, 9.17) is 9.47 Å². The molecule has 1 aromatic carbocycles. The van der Waals surface area contributed by atoms with E-state index in [1.54, 1.807) is 13.1 Å². The smallest absolute Gasteiger partial charge is 0.191 e. The van der Waals surface area contributed by atoms with E-state index in [1.165, 1.54) is 25.7 Å². The molecule has 6 heteroatoms. The zero-order valence-corrected chi connectivity index (χ0v) is 18.0. The van der Waals surface area contributed by atoms with Gasteiger partial charge in [0.2, 0.25) is 0 Å². The third-order valence-electron chi connectivity index (χ3n) is 4.27. The molecule has 2 rings (SSSR count). The largest absolute Gasteiger partial charge is 0.489 e. The first-order valence-corrected chi connectivity index (χ1v) is 9.21. The SMILES string of the molecule is C=CCOc1ccccc1CNC(=NC)NCCCOC1CCCC1.I. The number of nitrogens with zero attached hydrogens (tertiary/aromatic N) is 1. The minimum absolute atomic E-state index is 0. The molecule has 0 spiro atoms. The van der Waals surface area contributed by atoms with Crippen molar-refractivity contribution >= 4 is 29.9 Å². The Morgan fingerprint density at radius 2 is 2.04 bits per heavy atom. The van der Waals surface area contributed by atoms with E-state index < -0.39 is 0 Å². The lowest BCUT2D eigenvalue weighted by atomic mass is 10.2. The van der Waals surface area contributed by atoms with E-state index in [2.05, 4.69) is 22.2 Å². The normalized spacial score (nSPS) is 14.6. The highest BCUT2D eigenvalue weighted by molar-refractivity contribution is 14.0. The molecule has 26 heavy (non-hydrogen) atoms. The van der Waals surface area contributed by atoms with Crippen LogP contribution in [0.3, 0.4) is 0 Å². The van der Waals surface area contributed by atoms with Crippen molar-refractivity contribution in [1.29, 1.82) is 0 Å². The second kappa shape index (κ2) is 13.9. The molecule has 0 radical (unpaired) electrons. The summed E-state index contributed by atoms with van der Waals surface area (Å²) in [4.78, 5) is 4.27. The maximum Gasteiger partial charge on any atom is 0.191 e. The van der Waals surface area contributed by atoms with Crippen molar-refractivity contribution in [3.8, 4) is 5.75 Å². The molecule has 146 valence electrons. The zero-order chi connectivity index (χ0) is 17.7. The predicted octanol–water partition coefficient (Wildman–Crippen LogP) is 3.88. The van der Waals surface area contributed by atoms with Gasteiger partial charge in [-0.05, 0) is 25.3 Å². The fraction of sp³-hybridized carbons (Fsp3) is 0.550. The zero-order valence-electron chi connectivity index (χ0n) is 15.7. The van der Waals surface area contributed by atoms with Crippen LogP contribution in [0.4, 0.5) is 0 Å². The van der Waals surface area contributed by atoms with Gasteiger partial charge in [0.1, 0.15) is 12.4 Å². The first kappa shape index (κ1) is 22.8. The Hall–Kier alpha value is -1.28. The molecule has 0 aliphatic heterocycles. The predicted molar refractivity (Wildman–Crippen MR) is 119 cm³/mol. The van der Waals surface area contributed by atoms with Gasteiger partial charge in [-0.2, -0.15) is 0 Å². The van der Waals surface area contributed by atoms with Crippen LogP contribution >= 0.6 is 24.0 Å². The molecule has 1 aliphatic rings. The fourth-order valence-electron chi connectivity index (χ4n) is 2.92. The number of benzene rings is 1. The van der Waals surface area contributed by atoms with Gasteiger partial charge in [0.05, 0.1) is 6.10 Å². The van der Waals surface area contributed by atoms with Crippen LogP contribution in [0, 0.1) is 0 Å². The summed E-state index contributed by atoms with van der Waals surface area (Å²) in [6.45, 7) is 6.51. The van der Waals surface area contributed by atoms with Crippen LogP contribution < -0.4 is 15.4 Å². The highest BCUT2D eigenvalue weighted by Crippen LogP contribution is 2.20. The molecule has 0 bridgehead atoms. The molecule has 0 atom stereocenters. The second-order valence-electron chi connectivity index (χ2n) is 6.19. The lowest BCUT2D eigenvalue weighted by molar-refractivity contribution is 0.0574. The molecule has 1 aliphatic carbocycles. The van der Waals surface area contributed by atoms with Gasteiger partial charge in [-0.15, -0.1) is 24.0 Å². The molecule has 0 unspecified atom stereocenters. The summed E-state index contributed by atoms with van der Waals surface area (Å²) in [5, 5.41) is 6.66. The molecule has 0 saturated heterocycles. The lowest BCUT2D eigenvalue weighted by Gasteiger charge is -2.15. The minimum Gasteiger partial charge on any atom is -0.489 e. The molecule has 1 fully saturated rings. The number of halogens is 1. The van der Waals surface area contributed by atoms with Gasteiger partial charge in [-0.25, -0.2) is 0 Å². The lowest BCUT2D eigenvalue weighted by Crippen LogP contribution is -2.37.